The minimum Gasteiger partial charge on any atom is -0.357 e. The van der Waals surface area contributed by atoms with E-state index in [1.165, 1.54) is 27.7 Å². The maximum atomic E-state index is 6.41. The third kappa shape index (κ3) is 2.71. The molecule has 1 aliphatic rings. The third-order valence-corrected chi connectivity index (χ3v) is 5.50. The summed E-state index contributed by atoms with van der Waals surface area (Å²) in [5.74, 6) is 0.932. The fraction of sp³-hybridized carbons (Fsp3) is 0.263. The van der Waals surface area contributed by atoms with E-state index < -0.39 is 0 Å². The minimum absolute atomic E-state index is 0. The van der Waals surface area contributed by atoms with Gasteiger partial charge in [-0.1, -0.05) is 53.2 Å². The average molecular weight is 392 g/mol. The van der Waals surface area contributed by atoms with Crippen LogP contribution in [0.1, 0.15) is 48.0 Å². The molecule has 2 nitrogen and oxygen atoms in total. The lowest BCUT2D eigenvalue weighted by atomic mass is 9.83. The van der Waals surface area contributed by atoms with Crippen molar-refractivity contribution >= 4 is 39.2 Å². The van der Waals surface area contributed by atoms with E-state index in [4.69, 9.17) is 5.73 Å². The number of hydrogen-bond acceptors (Lipinski definition) is 1. The number of aromatic nitrogens is 1. The molecule has 1 aromatic heterocycles. The molecule has 4 rings (SSSR count). The van der Waals surface area contributed by atoms with Gasteiger partial charge in [-0.2, -0.15) is 0 Å². The first kappa shape index (κ1) is 16.6. The summed E-state index contributed by atoms with van der Waals surface area (Å²) in [5, 5.41) is 1.31. The summed E-state index contributed by atoms with van der Waals surface area (Å²) in [6.45, 7) is 2.32. The van der Waals surface area contributed by atoms with E-state index in [2.05, 4.69) is 76.4 Å². The minimum atomic E-state index is 0. The zero-order chi connectivity index (χ0) is 15.3. The molecule has 0 amide bonds. The molecule has 0 fully saturated rings. The van der Waals surface area contributed by atoms with Gasteiger partial charge in [0.15, 0.2) is 0 Å². The van der Waals surface area contributed by atoms with E-state index in [-0.39, 0.29) is 18.4 Å². The maximum absolute atomic E-state index is 6.41. The van der Waals surface area contributed by atoms with Gasteiger partial charge in [-0.15, -0.1) is 12.4 Å². The number of nitrogens with one attached hydrogen (secondary N) is 1. The number of aromatic amines is 1. The first-order valence-electron chi connectivity index (χ1n) is 7.76. The van der Waals surface area contributed by atoms with Gasteiger partial charge in [-0.3, -0.25) is 0 Å². The molecule has 2 aromatic carbocycles. The Balaban J connectivity index is 0.00000156. The van der Waals surface area contributed by atoms with Crippen molar-refractivity contribution < 1.29 is 0 Å². The Morgan fingerprint density at radius 1 is 1.17 bits per heavy atom. The second-order valence-corrected chi connectivity index (χ2v) is 7.21. The van der Waals surface area contributed by atoms with E-state index in [1.807, 2.05) is 0 Å². The van der Waals surface area contributed by atoms with Crippen LogP contribution in [-0.4, -0.2) is 4.98 Å². The number of fused-ring (bicyclic) bond motifs is 3. The van der Waals surface area contributed by atoms with Gasteiger partial charge in [0, 0.05) is 27.1 Å². The fourth-order valence-electron chi connectivity index (χ4n) is 3.85. The number of rotatable bonds is 2. The van der Waals surface area contributed by atoms with Crippen LogP contribution in [0.15, 0.2) is 53.0 Å². The molecule has 23 heavy (non-hydrogen) atoms. The van der Waals surface area contributed by atoms with Crippen LogP contribution in [0.25, 0.3) is 10.9 Å². The predicted octanol–water partition coefficient (Wildman–Crippen LogP) is 5.64. The summed E-state index contributed by atoms with van der Waals surface area (Å²) in [6, 6.07) is 17.3. The summed E-state index contributed by atoms with van der Waals surface area (Å²) < 4.78 is 1.12. The van der Waals surface area contributed by atoms with Crippen LogP contribution in [0.5, 0.6) is 0 Å². The van der Waals surface area contributed by atoms with Crippen molar-refractivity contribution in [1.29, 1.82) is 0 Å². The molecule has 1 heterocycles. The first-order chi connectivity index (χ1) is 10.6. The van der Waals surface area contributed by atoms with Gasteiger partial charge < -0.3 is 10.7 Å². The van der Waals surface area contributed by atoms with Crippen molar-refractivity contribution in [3.8, 4) is 0 Å². The van der Waals surface area contributed by atoms with Crippen LogP contribution in [0.3, 0.4) is 0 Å². The van der Waals surface area contributed by atoms with Gasteiger partial charge >= 0.3 is 0 Å². The Labute approximate surface area is 151 Å². The number of halogens is 2. The van der Waals surface area contributed by atoms with E-state index >= 15 is 0 Å². The highest BCUT2D eigenvalue weighted by molar-refractivity contribution is 9.10. The lowest BCUT2D eigenvalue weighted by Gasteiger charge is -2.21. The number of benzene rings is 2. The lowest BCUT2D eigenvalue weighted by Crippen LogP contribution is -2.09. The van der Waals surface area contributed by atoms with Gasteiger partial charge in [0.1, 0.15) is 0 Å². The molecule has 3 N–H and O–H groups in total. The van der Waals surface area contributed by atoms with Gasteiger partial charge in [-0.25, -0.2) is 0 Å². The molecule has 4 heteroatoms. The fourth-order valence-corrected chi connectivity index (χ4v) is 4.21. The van der Waals surface area contributed by atoms with Crippen molar-refractivity contribution in [3.05, 3.63) is 69.8 Å². The summed E-state index contributed by atoms with van der Waals surface area (Å²) in [6.07, 6.45) is 1.01. The Kier molecular flexibility index (Phi) is 4.54. The van der Waals surface area contributed by atoms with Crippen LogP contribution in [0.2, 0.25) is 0 Å². The molecule has 0 spiro atoms. The molecule has 1 unspecified atom stereocenters. The smallest absolute Gasteiger partial charge is 0.0460 e. The standard InChI is InChI=1S/C19H19BrN2.ClH/c1-11(12-5-3-2-4-6-12)14-10-16(21)19-18(14)15-9-13(20)7-8-17(15)22-19;/h2-9,11,14,16,22H,10,21H2,1H3;1H/t11-,14?,16+;/m0./s1. The Morgan fingerprint density at radius 2 is 1.91 bits per heavy atom. The van der Waals surface area contributed by atoms with Crippen molar-refractivity contribution in [2.45, 2.75) is 31.2 Å². The van der Waals surface area contributed by atoms with Gasteiger partial charge in [-0.05, 0) is 47.6 Å². The normalized spacial score (nSPS) is 21.0. The van der Waals surface area contributed by atoms with E-state index in [0.29, 0.717) is 11.8 Å². The summed E-state index contributed by atoms with van der Waals surface area (Å²) in [5.41, 5.74) is 11.6. The third-order valence-electron chi connectivity index (χ3n) is 5.01. The molecule has 120 valence electrons. The monoisotopic (exact) mass is 390 g/mol. The van der Waals surface area contributed by atoms with Gasteiger partial charge in [0.2, 0.25) is 0 Å². The summed E-state index contributed by atoms with van der Waals surface area (Å²) in [7, 11) is 0. The molecule has 0 bridgehead atoms. The molecule has 3 aromatic rings. The van der Waals surface area contributed by atoms with Crippen LogP contribution in [-0.2, 0) is 0 Å². The second kappa shape index (κ2) is 6.31. The molecular formula is C19H20BrClN2. The zero-order valence-corrected chi connectivity index (χ0v) is 15.3. The summed E-state index contributed by atoms with van der Waals surface area (Å²) >= 11 is 3.60. The highest BCUT2D eigenvalue weighted by Gasteiger charge is 2.36. The van der Waals surface area contributed by atoms with Crippen LogP contribution < -0.4 is 5.73 Å². The zero-order valence-electron chi connectivity index (χ0n) is 12.9. The molecule has 0 saturated heterocycles. The molecule has 0 radical (unpaired) electrons. The van der Waals surface area contributed by atoms with Crippen molar-refractivity contribution in [2.24, 2.45) is 5.73 Å². The van der Waals surface area contributed by atoms with Crippen molar-refractivity contribution in [2.75, 3.05) is 0 Å². The Bertz CT molecular complexity index is 828. The molecular weight excluding hydrogens is 372 g/mol. The maximum Gasteiger partial charge on any atom is 0.0460 e. The second-order valence-electron chi connectivity index (χ2n) is 6.29. The first-order valence-corrected chi connectivity index (χ1v) is 8.56. The van der Waals surface area contributed by atoms with Crippen LogP contribution >= 0.6 is 28.3 Å². The van der Waals surface area contributed by atoms with Crippen molar-refractivity contribution in [3.63, 3.8) is 0 Å². The Morgan fingerprint density at radius 3 is 2.65 bits per heavy atom. The number of nitrogens with two attached hydrogens (primary N) is 1. The summed E-state index contributed by atoms with van der Waals surface area (Å²) in [4.78, 5) is 3.54. The number of hydrogen-bond donors (Lipinski definition) is 2. The molecule has 0 saturated carbocycles. The van der Waals surface area contributed by atoms with Crippen LogP contribution in [0, 0.1) is 0 Å². The lowest BCUT2D eigenvalue weighted by molar-refractivity contribution is 0.530. The predicted molar refractivity (Wildman–Crippen MR) is 102 cm³/mol. The van der Waals surface area contributed by atoms with Crippen LogP contribution in [0.4, 0.5) is 0 Å². The number of H-pyrrole nitrogens is 1. The quantitative estimate of drug-likeness (QED) is 0.583. The van der Waals surface area contributed by atoms with Gasteiger partial charge in [0.25, 0.3) is 0 Å². The Hall–Kier alpha value is -1.29. The van der Waals surface area contributed by atoms with E-state index in [1.54, 1.807) is 0 Å². The SMILES string of the molecule is C[C@@H](c1ccccc1)C1C[C@@H](N)c2[nH]c3ccc(Br)cc3c21.Cl. The largest absolute Gasteiger partial charge is 0.357 e. The highest BCUT2D eigenvalue weighted by Crippen LogP contribution is 2.49. The highest BCUT2D eigenvalue weighted by atomic mass is 79.9. The molecule has 0 aliphatic heterocycles. The van der Waals surface area contributed by atoms with Gasteiger partial charge in [0.05, 0.1) is 0 Å². The van der Waals surface area contributed by atoms with E-state index in [9.17, 15) is 0 Å². The average Bonchev–Trinajstić information content (AvgIpc) is 3.05. The van der Waals surface area contributed by atoms with E-state index in [0.717, 1.165) is 10.9 Å². The molecule has 3 atom stereocenters. The van der Waals surface area contributed by atoms with Crippen molar-refractivity contribution in [1.82, 2.24) is 4.98 Å². The molecule has 1 aliphatic carbocycles. The topological polar surface area (TPSA) is 41.8 Å².